The summed E-state index contributed by atoms with van der Waals surface area (Å²) in [6.07, 6.45) is 0. The summed E-state index contributed by atoms with van der Waals surface area (Å²) >= 11 is 6.09. The van der Waals surface area contributed by atoms with Gasteiger partial charge in [0.15, 0.2) is 0 Å². The number of carbonyl (C=O) groups excluding carboxylic acids is 1. The molecule has 0 saturated carbocycles. The molecule has 3 nitrogen and oxygen atoms in total. The first-order valence-electron chi connectivity index (χ1n) is 4.99. The second-order valence-corrected chi connectivity index (χ2v) is 4.03. The summed E-state index contributed by atoms with van der Waals surface area (Å²) in [4.78, 5) is 13.3. The SMILES string of the molecule is CC(c1ccccc1Cl)N1CCNC1=O. The molecule has 1 aromatic carbocycles. The summed E-state index contributed by atoms with van der Waals surface area (Å²) in [7, 11) is 0. The van der Waals surface area contributed by atoms with Gasteiger partial charge in [0.1, 0.15) is 0 Å². The lowest BCUT2D eigenvalue weighted by molar-refractivity contribution is 0.202. The Hall–Kier alpha value is -1.22. The van der Waals surface area contributed by atoms with Crippen LogP contribution in [0.3, 0.4) is 0 Å². The number of hydrogen-bond acceptors (Lipinski definition) is 1. The van der Waals surface area contributed by atoms with Gasteiger partial charge >= 0.3 is 6.03 Å². The van der Waals surface area contributed by atoms with Gasteiger partial charge in [-0.2, -0.15) is 0 Å². The van der Waals surface area contributed by atoms with Gasteiger partial charge in [-0.25, -0.2) is 4.79 Å². The fourth-order valence-corrected chi connectivity index (χ4v) is 2.13. The van der Waals surface area contributed by atoms with Crippen LogP contribution in [0.2, 0.25) is 5.02 Å². The molecule has 15 heavy (non-hydrogen) atoms. The van der Waals surface area contributed by atoms with Crippen molar-refractivity contribution in [3.8, 4) is 0 Å². The number of nitrogens with one attached hydrogen (secondary N) is 1. The highest BCUT2D eigenvalue weighted by atomic mass is 35.5. The Morgan fingerprint density at radius 2 is 2.20 bits per heavy atom. The Kier molecular flexibility index (Phi) is 2.82. The number of hydrogen-bond donors (Lipinski definition) is 1. The van der Waals surface area contributed by atoms with Gasteiger partial charge in [0.05, 0.1) is 6.04 Å². The van der Waals surface area contributed by atoms with E-state index in [4.69, 9.17) is 11.6 Å². The quantitative estimate of drug-likeness (QED) is 0.822. The first-order chi connectivity index (χ1) is 7.20. The molecule has 2 amide bonds. The Balaban J connectivity index is 2.24. The van der Waals surface area contributed by atoms with Crippen molar-refractivity contribution in [1.29, 1.82) is 0 Å². The molecule has 1 unspecified atom stereocenters. The first-order valence-corrected chi connectivity index (χ1v) is 5.37. The summed E-state index contributed by atoms with van der Waals surface area (Å²) in [5.41, 5.74) is 0.996. The highest BCUT2D eigenvalue weighted by Gasteiger charge is 2.26. The lowest BCUT2D eigenvalue weighted by Gasteiger charge is -2.24. The third-order valence-corrected chi connectivity index (χ3v) is 3.06. The molecular weight excluding hydrogens is 212 g/mol. The maximum Gasteiger partial charge on any atom is 0.318 e. The van der Waals surface area contributed by atoms with Crippen LogP contribution in [-0.4, -0.2) is 24.0 Å². The summed E-state index contributed by atoms with van der Waals surface area (Å²) < 4.78 is 0. The lowest BCUT2D eigenvalue weighted by atomic mass is 10.1. The molecule has 1 aliphatic heterocycles. The minimum Gasteiger partial charge on any atom is -0.336 e. The molecule has 4 heteroatoms. The summed E-state index contributed by atoms with van der Waals surface area (Å²) in [6.45, 7) is 3.45. The van der Waals surface area contributed by atoms with Crippen molar-refractivity contribution in [2.45, 2.75) is 13.0 Å². The van der Waals surface area contributed by atoms with E-state index in [9.17, 15) is 4.79 Å². The van der Waals surface area contributed by atoms with Crippen LogP contribution in [0.15, 0.2) is 24.3 Å². The van der Waals surface area contributed by atoms with Crippen molar-refractivity contribution in [3.05, 3.63) is 34.9 Å². The van der Waals surface area contributed by atoms with Crippen LogP contribution in [0.5, 0.6) is 0 Å². The van der Waals surface area contributed by atoms with E-state index in [2.05, 4.69) is 5.32 Å². The third kappa shape index (κ3) is 1.92. The number of benzene rings is 1. The van der Waals surface area contributed by atoms with Gasteiger partial charge in [0.25, 0.3) is 0 Å². The van der Waals surface area contributed by atoms with E-state index in [1.807, 2.05) is 31.2 Å². The van der Waals surface area contributed by atoms with Crippen LogP contribution >= 0.6 is 11.6 Å². The van der Waals surface area contributed by atoms with Gasteiger partial charge < -0.3 is 10.2 Å². The topological polar surface area (TPSA) is 32.3 Å². The van der Waals surface area contributed by atoms with Crippen molar-refractivity contribution < 1.29 is 4.79 Å². The molecule has 1 aromatic rings. The second-order valence-electron chi connectivity index (χ2n) is 3.62. The Morgan fingerprint density at radius 1 is 1.47 bits per heavy atom. The fourth-order valence-electron chi connectivity index (χ4n) is 1.84. The molecule has 0 bridgehead atoms. The molecule has 1 N–H and O–H groups in total. The van der Waals surface area contributed by atoms with Gasteiger partial charge in [0, 0.05) is 18.1 Å². The van der Waals surface area contributed by atoms with Crippen LogP contribution in [-0.2, 0) is 0 Å². The molecule has 0 spiro atoms. The largest absolute Gasteiger partial charge is 0.336 e. The van der Waals surface area contributed by atoms with Gasteiger partial charge in [-0.15, -0.1) is 0 Å². The number of halogens is 1. The predicted octanol–water partition coefficient (Wildman–Crippen LogP) is 2.43. The maximum atomic E-state index is 11.5. The van der Waals surface area contributed by atoms with Crippen molar-refractivity contribution in [3.63, 3.8) is 0 Å². The van der Waals surface area contributed by atoms with Gasteiger partial charge in [-0.05, 0) is 18.6 Å². The van der Waals surface area contributed by atoms with Gasteiger partial charge in [0.2, 0.25) is 0 Å². The maximum absolute atomic E-state index is 11.5. The normalized spacial score (nSPS) is 17.7. The number of rotatable bonds is 2. The lowest BCUT2D eigenvalue weighted by Crippen LogP contribution is -2.30. The molecule has 1 heterocycles. The molecular formula is C11H13ClN2O. The average Bonchev–Trinajstić information content (AvgIpc) is 2.64. The smallest absolute Gasteiger partial charge is 0.318 e. The van der Waals surface area contributed by atoms with Gasteiger partial charge in [-0.1, -0.05) is 29.8 Å². The highest BCUT2D eigenvalue weighted by Crippen LogP contribution is 2.27. The Bertz CT molecular complexity index is 381. The second kappa shape index (κ2) is 4.11. The van der Waals surface area contributed by atoms with E-state index in [1.54, 1.807) is 4.90 Å². The summed E-state index contributed by atoms with van der Waals surface area (Å²) in [5, 5.41) is 3.50. The van der Waals surface area contributed by atoms with E-state index in [-0.39, 0.29) is 12.1 Å². The van der Waals surface area contributed by atoms with Crippen molar-refractivity contribution in [1.82, 2.24) is 10.2 Å². The average molecular weight is 225 g/mol. The summed E-state index contributed by atoms with van der Waals surface area (Å²) in [5.74, 6) is 0. The minimum absolute atomic E-state index is 0.0116. The van der Waals surface area contributed by atoms with Crippen LogP contribution in [0.25, 0.3) is 0 Å². The standard InChI is InChI=1S/C11H13ClN2O/c1-8(14-7-6-13-11(14)15)9-4-2-3-5-10(9)12/h2-5,8H,6-7H2,1H3,(H,13,15). The summed E-state index contributed by atoms with van der Waals surface area (Å²) in [6, 6.07) is 7.65. The zero-order valence-electron chi connectivity index (χ0n) is 8.53. The minimum atomic E-state index is -0.0116. The number of urea groups is 1. The van der Waals surface area contributed by atoms with E-state index < -0.39 is 0 Å². The van der Waals surface area contributed by atoms with E-state index >= 15 is 0 Å². The number of nitrogens with zero attached hydrogens (tertiary/aromatic N) is 1. The van der Waals surface area contributed by atoms with Crippen molar-refractivity contribution in [2.75, 3.05) is 13.1 Å². The van der Waals surface area contributed by atoms with Crippen molar-refractivity contribution in [2.24, 2.45) is 0 Å². The first kappa shape index (κ1) is 10.3. The molecule has 2 rings (SSSR count). The van der Waals surface area contributed by atoms with Crippen LogP contribution < -0.4 is 5.32 Å². The monoisotopic (exact) mass is 224 g/mol. The Morgan fingerprint density at radius 3 is 2.80 bits per heavy atom. The molecule has 1 saturated heterocycles. The zero-order chi connectivity index (χ0) is 10.8. The molecule has 1 atom stereocenters. The highest BCUT2D eigenvalue weighted by molar-refractivity contribution is 6.31. The zero-order valence-corrected chi connectivity index (χ0v) is 9.29. The fraction of sp³-hybridized carbons (Fsp3) is 0.364. The Labute approximate surface area is 94.0 Å². The molecule has 0 aromatic heterocycles. The van der Waals surface area contributed by atoms with Crippen LogP contribution in [0.4, 0.5) is 4.79 Å². The molecule has 1 fully saturated rings. The number of amides is 2. The third-order valence-electron chi connectivity index (χ3n) is 2.71. The molecule has 80 valence electrons. The van der Waals surface area contributed by atoms with Crippen molar-refractivity contribution >= 4 is 17.6 Å². The predicted molar refractivity (Wildman–Crippen MR) is 60.0 cm³/mol. The van der Waals surface area contributed by atoms with E-state index in [0.29, 0.717) is 11.6 Å². The van der Waals surface area contributed by atoms with Gasteiger partial charge in [-0.3, -0.25) is 0 Å². The number of carbonyl (C=O) groups is 1. The molecule has 0 radical (unpaired) electrons. The van der Waals surface area contributed by atoms with E-state index in [1.165, 1.54) is 0 Å². The van der Waals surface area contributed by atoms with E-state index in [0.717, 1.165) is 12.1 Å². The van der Waals surface area contributed by atoms with Crippen LogP contribution in [0.1, 0.15) is 18.5 Å². The molecule has 0 aliphatic carbocycles. The molecule has 1 aliphatic rings. The van der Waals surface area contributed by atoms with Crippen LogP contribution in [0, 0.1) is 0 Å².